The van der Waals surface area contributed by atoms with E-state index >= 15 is 0 Å². The first-order chi connectivity index (χ1) is 73.7. The Kier molecular flexibility index (Phi) is 20.4. The zero-order valence-corrected chi connectivity index (χ0v) is 84.3. The molecule has 21 aromatic carbocycles. The van der Waals surface area contributed by atoms with E-state index in [1.54, 1.807) is 33.4 Å². The molecule has 12 bridgehead atoms. The van der Waals surface area contributed by atoms with Crippen molar-refractivity contribution in [3.63, 3.8) is 0 Å². The number of fused-ring (bicyclic) bond motifs is 16. The molecule has 718 valence electrons. The molecule has 15 aliphatic rings. The molecule has 36 rings (SSSR count). The molecule has 15 aliphatic carbocycles. The largest absolute Gasteiger partial charge is 0.311 e. The topological polar surface area (TPSA) is 9.72 Å². The van der Waals surface area contributed by atoms with E-state index in [0.717, 1.165) is 117 Å². The Hall–Kier alpha value is -15.7. The first kappa shape index (κ1) is 87.5. The van der Waals surface area contributed by atoms with Crippen LogP contribution in [-0.4, -0.2) is 0 Å². The second-order valence-electron chi connectivity index (χ2n) is 46.5. The third kappa shape index (κ3) is 13.7. The summed E-state index contributed by atoms with van der Waals surface area (Å²) < 4.78 is 0. The van der Waals surface area contributed by atoms with Crippen molar-refractivity contribution in [1.29, 1.82) is 0 Å². The fourth-order valence-electron chi connectivity index (χ4n) is 34.1. The van der Waals surface area contributed by atoms with E-state index in [1.165, 1.54) is 234 Å². The fraction of sp³-hybridized carbons (Fsp3) is 0.205. The zero-order chi connectivity index (χ0) is 97.7. The monoisotopic (exact) mass is 1910 g/mol. The van der Waals surface area contributed by atoms with Gasteiger partial charge in [0.1, 0.15) is 0 Å². The van der Waals surface area contributed by atoms with Gasteiger partial charge < -0.3 is 14.7 Å². The normalized spacial score (nSPS) is 24.2. The van der Waals surface area contributed by atoms with Crippen LogP contribution in [-0.2, 0) is 16.2 Å². The molecule has 12 fully saturated rings. The van der Waals surface area contributed by atoms with E-state index < -0.39 is 0 Å². The predicted molar refractivity (Wildman–Crippen MR) is 622 cm³/mol. The van der Waals surface area contributed by atoms with Crippen molar-refractivity contribution in [2.75, 3.05) is 14.7 Å². The molecular formula is C146H119N3. The number of para-hydroxylation sites is 3. The van der Waals surface area contributed by atoms with Crippen LogP contribution in [0.2, 0.25) is 0 Å². The number of hydrogen-bond donors (Lipinski definition) is 0. The highest BCUT2D eigenvalue weighted by molar-refractivity contribution is 6.15. The highest BCUT2D eigenvalue weighted by Crippen LogP contribution is 2.74. The summed E-state index contributed by atoms with van der Waals surface area (Å²) in [5.74, 6) is 10.6. The molecule has 3 heteroatoms. The lowest BCUT2D eigenvalue weighted by molar-refractivity contribution is -0.0399. The van der Waals surface area contributed by atoms with Gasteiger partial charge in [-0.1, -0.05) is 346 Å². The summed E-state index contributed by atoms with van der Waals surface area (Å²) in [6.45, 7) is 0. The van der Waals surface area contributed by atoms with Gasteiger partial charge >= 0.3 is 0 Å². The van der Waals surface area contributed by atoms with Crippen molar-refractivity contribution in [3.8, 4) is 77.9 Å². The van der Waals surface area contributed by atoms with Crippen LogP contribution in [0.15, 0.2) is 467 Å². The molecule has 3 nitrogen and oxygen atoms in total. The quantitative estimate of drug-likeness (QED) is 0.107. The summed E-state index contributed by atoms with van der Waals surface area (Å²) in [5, 5.41) is 12.8. The summed E-state index contributed by atoms with van der Waals surface area (Å²) in [5.41, 5.74) is 40.0. The first-order valence-electron chi connectivity index (χ1n) is 55.7. The van der Waals surface area contributed by atoms with Crippen LogP contribution in [0.3, 0.4) is 0 Å². The Morgan fingerprint density at radius 1 is 0.141 bits per heavy atom. The van der Waals surface area contributed by atoms with Crippen LogP contribution in [0.5, 0.6) is 0 Å². The minimum absolute atomic E-state index is 0.223. The Bertz CT molecular complexity index is 8770. The van der Waals surface area contributed by atoms with E-state index in [0.29, 0.717) is 0 Å². The molecule has 0 amide bonds. The maximum absolute atomic E-state index is 2.54. The van der Waals surface area contributed by atoms with Crippen molar-refractivity contribution in [1.82, 2.24) is 0 Å². The lowest BCUT2D eigenvalue weighted by Gasteiger charge is -2.61. The van der Waals surface area contributed by atoms with Crippen LogP contribution >= 0.6 is 0 Å². The van der Waals surface area contributed by atoms with Gasteiger partial charge in [0.05, 0.1) is 5.69 Å². The Labute approximate surface area is 875 Å². The molecule has 3 spiro atoms. The van der Waals surface area contributed by atoms with Crippen molar-refractivity contribution in [2.24, 2.45) is 71.0 Å². The van der Waals surface area contributed by atoms with Gasteiger partial charge in [0.2, 0.25) is 0 Å². The summed E-state index contributed by atoms with van der Waals surface area (Å²) in [6, 6.07) is 175. The number of hydrogen-bond acceptors (Lipinski definition) is 3. The van der Waals surface area contributed by atoms with Gasteiger partial charge in [-0.25, -0.2) is 0 Å². The Balaban J connectivity index is 0.000000101. The van der Waals surface area contributed by atoms with E-state index in [2.05, 4.69) is 482 Å². The van der Waals surface area contributed by atoms with Crippen LogP contribution in [0.4, 0.5) is 51.2 Å². The van der Waals surface area contributed by atoms with Crippen molar-refractivity contribution < 1.29 is 0 Å². The van der Waals surface area contributed by atoms with Crippen LogP contribution in [0.25, 0.3) is 132 Å². The van der Waals surface area contributed by atoms with Gasteiger partial charge in [0.25, 0.3) is 0 Å². The molecule has 21 aromatic rings. The number of benzene rings is 21. The van der Waals surface area contributed by atoms with Gasteiger partial charge in [-0.3, -0.25) is 0 Å². The maximum atomic E-state index is 2.54. The standard InChI is InChI=1S/C50H41N.2C48H39N/c1-2-11-41(12-3-1)51(43-24-19-37(20-25-43)45-15-8-10-36-9-4-5-13-44(36)45)42-22-17-35(18-23-42)38-21-26-49-47(32-38)46-14-6-7-16-48(46)50(49)39-28-33-27-34(30-39)31-40(50)29-33;1-2-11-38(12-3-1)49(47-30-35-10-4-5-13-40(35)41-14-6-7-16-43(41)47)39-21-18-33(19-22-39)34-20-23-46-44(29-34)42-15-8-9-17-45(42)48(46)36-25-31-24-32(27-36)28-37(48)26-31;1-2-9-39(10-3-1)49(41-21-22-43-36(29-41)15-14-34-8-4-5-11-42(34)43)40-19-16-33(17-20-40)35-18-23-47-45(30-35)44-12-6-7-13-46(44)48(47)37-25-31-24-32(27-37)28-38(48)26-31/h1-26,32-34,39-40H,27-31H2;1-23,29-32,36-37H,24-28H2;1-23,29-32,37-38H,24-28H2. The average molecular weight is 1920 g/mol. The summed E-state index contributed by atoms with van der Waals surface area (Å²) in [7, 11) is 0. The first-order valence-corrected chi connectivity index (χ1v) is 55.7. The number of rotatable bonds is 13. The zero-order valence-electron chi connectivity index (χ0n) is 84.3. The van der Waals surface area contributed by atoms with Crippen molar-refractivity contribution in [3.05, 3.63) is 500 Å². The Morgan fingerprint density at radius 3 is 0.819 bits per heavy atom. The molecular weight excluding hydrogens is 1800 g/mol. The summed E-state index contributed by atoms with van der Waals surface area (Å²) >= 11 is 0. The van der Waals surface area contributed by atoms with Crippen molar-refractivity contribution >= 4 is 105 Å². The molecule has 12 saturated carbocycles. The molecule has 0 heterocycles. The maximum Gasteiger partial charge on any atom is 0.0546 e. The third-order valence-electron chi connectivity index (χ3n) is 39.3. The van der Waals surface area contributed by atoms with Gasteiger partial charge in [0.15, 0.2) is 0 Å². The summed E-state index contributed by atoms with van der Waals surface area (Å²) in [4.78, 5) is 7.17. The highest BCUT2D eigenvalue weighted by atomic mass is 15.2. The Morgan fingerprint density at radius 2 is 0.403 bits per heavy atom. The molecule has 0 N–H and O–H groups in total. The smallest absolute Gasteiger partial charge is 0.0546 e. The molecule has 0 radical (unpaired) electrons. The number of nitrogens with zero attached hydrogens (tertiary/aromatic N) is 3. The minimum Gasteiger partial charge on any atom is -0.311 e. The lowest BCUT2D eigenvalue weighted by Crippen LogP contribution is -2.55. The fourth-order valence-corrected chi connectivity index (χ4v) is 34.1. The third-order valence-corrected chi connectivity index (χ3v) is 39.3. The predicted octanol–water partition coefficient (Wildman–Crippen LogP) is 39.1. The van der Waals surface area contributed by atoms with Crippen molar-refractivity contribution in [2.45, 2.75) is 113 Å². The molecule has 0 atom stereocenters. The van der Waals surface area contributed by atoms with E-state index in [-0.39, 0.29) is 16.2 Å². The van der Waals surface area contributed by atoms with Crippen LogP contribution in [0, 0.1) is 71.0 Å². The molecule has 149 heavy (non-hydrogen) atoms. The van der Waals surface area contributed by atoms with Gasteiger partial charge in [0, 0.05) is 67.1 Å². The molecule has 0 saturated heterocycles. The minimum atomic E-state index is 0.223. The second-order valence-corrected chi connectivity index (χ2v) is 46.5. The van der Waals surface area contributed by atoms with E-state index in [9.17, 15) is 0 Å². The van der Waals surface area contributed by atoms with E-state index in [4.69, 9.17) is 0 Å². The molecule has 0 unspecified atom stereocenters. The highest BCUT2D eigenvalue weighted by Gasteiger charge is 2.65. The van der Waals surface area contributed by atoms with Gasteiger partial charge in [-0.2, -0.15) is 0 Å². The molecule has 0 aliphatic heterocycles. The lowest BCUT2D eigenvalue weighted by atomic mass is 9.43. The SMILES string of the molecule is c1ccc(N(c2ccc(-c3ccc4c(c3)-c3ccccc3C43C4CC5CC(C4)CC3C5)cc2)c2cc3ccccc3c3ccccc23)cc1.c1ccc(N(c2ccc(-c3ccc4c(c3)-c3ccccc3C43C4CC5CC(C4)CC3C5)cc2)c2ccc(-c3cccc4ccccc34)cc2)cc1.c1ccc(N(c2ccc(-c3ccc4c(c3)-c3ccccc3C43C4CC5CC(C4)CC3C5)cc2)c2ccc3c(ccc4ccccc43)c2)cc1. The van der Waals surface area contributed by atoms with Gasteiger partial charge in [-0.05, 0) is 448 Å². The van der Waals surface area contributed by atoms with Crippen LogP contribution < -0.4 is 14.7 Å². The van der Waals surface area contributed by atoms with Gasteiger partial charge in [-0.15, -0.1) is 0 Å². The second kappa shape index (κ2) is 34.7. The average Bonchev–Trinajstić information content (AvgIpc) is 1.53. The van der Waals surface area contributed by atoms with E-state index in [1.807, 2.05) is 0 Å². The van der Waals surface area contributed by atoms with Crippen LogP contribution in [0.1, 0.15) is 130 Å². The summed E-state index contributed by atoms with van der Waals surface area (Å²) in [6.07, 6.45) is 21.6. The molecule has 0 aromatic heterocycles. The number of anilines is 9.